The van der Waals surface area contributed by atoms with Crippen molar-refractivity contribution in [3.8, 4) is 0 Å². The standard InChI is InChI=1S/C38H66NO7P/c1-6-8-9-10-11-12-13-14-15-16-17-18-19-20-21-22-23-24-25-26-27-28-29-30-33-43-35-37(46-38(40)31-7-2)36-45-47(41,42)44-34-32-39(3,4)5/h8-9,11-12,14-15,17-18,20-21,23-24,37H,6-7,10,13,16,19,22,25-36H2,1-5H3/p+1/b9-8-,12-11-,15-14-,18-17-,21-20-,24-23-. The number of likely N-dealkylation sites (N-methyl/N-ethyl adjacent to an activating group) is 1. The molecule has 0 heterocycles. The summed E-state index contributed by atoms with van der Waals surface area (Å²) < 4.78 is 34.1. The zero-order valence-corrected chi connectivity index (χ0v) is 31.1. The van der Waals surface area contributed by atoms with Gasteiger partial charge in [0.15, 0.2) is 0 Å². The Morgan fingerprint density at radius 1 is 0.681 bits per heavy atom. The van der Waals surface area contributed by atoms with Gasteiger partial charge in [0, 0.05) is 13.0 Å². The van der Waals surface area contributed by atoms with Crippen LogP contribution in [-0.4, -0.2) is 75.6 Å². The molecule has 8 nitrogen and oxygen atoms in total. The number of nitrogens with zero attached hydrogens (tertiary/aromatic N) is 1. The summed E-state index contributed by atoms with van der Waals surface area (Å²) in [6.07, 6.45) is 39.5. The Balaban J connectivity index is 3.93. The molecule has 0 aromatic heterocycles. The largest absolute Gasteiger partial charge is 0.472 e. The minimum Gasteiger partial charge on any atom is -0.457 e. The van der Waals surface area contributed by atoms with Crippen LogP contribution < -0.4 is 0 Å². The first-order valence-electron chi connectivity index (χ1n) is 17.7. The molecule has 270 valence electrons. The van der Waals surface area contributed by atoms with Gasteiger partial charge >= 0.3 is 13.8 Å². The van der Waals surface area contributed by atoms with Crippen molar-refractivity contribution in [2.24, 2.45) is 0 Å². The van der Waals surface area contributed by atoms with E-state index in [-0.39, 0.29) is 32.2 Å². The summed E-state index contributed by atoms with van der Waals surface area (Å²) in [7, 11) is 1.63. The second-order valence-corrected chi connectivity index (χ2v) is 14.0. The van der Waals surface area contributed by atoms with Crippen molar-refractivity contribution in [1.29, 1.82) is 0 Å². The van der Waals surface area contributed by atoms with E-state index in [4.69, 9.17) is 18.5 Å². The van der Waals surface area contributed by atoms with Crippen molar-refractivity contribution in [2.45, 2.75) is 110 Å². The van der Waals surface area contributed by atoms with E-state index in [1.807, 2.05) is 28.1 Å². The van der Waals surface area contributed by atoms with Gasteiger partial charge < -0.3 is 18.9 Å². The summed E-state index contributed by atoms with van der Waals surface area (Å²) >= 11 is 0. The molecule has 0 aromatic rings. The number of hydrogen-bond donors (Lipinski definition) is 1. The third kappa shape index (κ3) is 35.1. The molecular weight excluding hydrogens is 613 g/mol. The minimum absolute atomic E-state index is 0.0788. The topological polar surface area (TPSA) is 91.3 Å². The van der Waals surface area contributed by atoms with Crippen molar-refractivity contribution in [2.75, 3.05) is 54.1 Å². The van der Waals surface area contributed by atoms with Crippen LogP contribution in [0.3, 0.4) is 0 Å². The first kappa shape index (κ1) is 44.9. The maximum atomic E-state index is 12.2. The van der Waals surface area contributed by atoms with E-state index in [2.05, 4.69) is 79.8 Å². The molecule has 2 atom stereocenters. The van der Waals surface area contributed by atoms with E-state index in [9.17, 15) is 14.3 Å². The molecule has 0 aromatic carbocycles. The predicted octanol–water partition coefficient (Wildman–Crippen LogP) is 9.59. The molecule has 0 saturated carbocycles. The fourth-order valence-electron chi connectivity index (χ4n) is 4.06. The van der Waals surface area contributed by atoms with Gasteiger partial charge in [0.25, 0.3) is 0 Å². The van der Waals surface area contributed by atoms with E-state index < -0.39 is 13.9 Å². The minimum atomic E-state index is -4.25. The number of phosphoric acid groups is 1. The van der Waals surface area contributed by atoms with Crippen molar-refractivity contribution in [3.05, 3.63) is 72.9 Å². The summed E-state index contributed by atoms with van der Waals surface area (Å²) in [6, 6.07) is 0. The number of ether oxygens (including phenoxy) is 2. The average Bonchev–Trinajstić information content (AvgIpc) is 3.00. The smallest absolute Gasteiger partial charge is 0.457 e. The van der Waals surface area contributed by atoms with Crippen LogP contribution in [0.25, 0.3) is 0 Å². The Morgan fingerprint density at radius 3 is 1.72 bits per heavy atom. The van der Waals surface area contributed by atoms with Crippen LogP contribution in [0.2, 0.25) is 0 Å². The number of carbonyl (C=O) groups is 1. The highest BCUT2D eigenvalue weighted by molar-refractivity contribution is 7.47. The third-order valence-corrected chi connectivity index (χ3v) is 7.74. The van der Waals surface area contributed by atoms with Crippen molar-refractivity contribution in [3.63, 3.8) is 0 Å². The van der Waals surface area contributed by atoms with Gasteiger partial charge in [-0.1, -0.05) is 106 Å². The maximum absolute atomic E-state index is 12.2. The highest BCUT2D eigenvalue weighted by Gasteiger charge is 2.26. The van der Waals surface area contributed by atoms with Gasteiger partial charge in [0.2, 0.25) is 0 Å². The molecular formula is C38H67NO7P+. The molecule has 0 aliphatic carbocycles. The molecule has 0 bridgehead atoms. The molecule has 0 amide bonds. The Bertz CT molecular complexity index is 979. The number of phosphoric ester groups is 1. The summed E-state index contributed by atoms with van der Waals surface area (Å²) in [4.78, 5) is 22.0. The van der Waals surface area contributed by atoms with Crippen LogP contribution >= 0.6 is 7.82 Å². The van der Waals surface area contributed by atoms with Crippen LogP contribution in [0, 0.1) is 0 Å². The summed E-state index contributed by atoms with van der Waals surface area (Å²) in [5, 5.41) is 0. The molecule has 0 spiro atoms. The Hall–Kier alpha value is -2.06. The number of quaternary nitrogens is 1. The molecule has 0 aliphatic heterocycles. The Morgan fingerprint density at radius 2 is 1.19 bits per heavy atom. The molecule has 1 N–H and O–H groups in total. The zero-order chi connectivity index (χ0) is 34.9. The highest BCUT2D eigenvalue weighted by Crippen LogP contribution is 2.43. The van der Waals surface area contributed by atoms with Gasteiger partial charge in [-0.25, -0.2) is 4.57 Å². The number of esters is 1. The fraction of sp³-hybridized carbons (Fsp3) is 0.658. The van der Waals surface area contributed by atoms with Crippen LogP contribution in [0.4, 0.5) is 0 Å². The molecule has 0 radical (unpaired) electrons. The maximum Gasteiger partial charge on any atom is 0.472 e. The van der Waals surface area contributed by atoms with Gasteiger partial charge in [-0.3, -0.25) is 13.8 Å². The fourth-order valence-corrected chi connectivity index (χ4v) is 4.80. The van der Waals surface area contributed by atoms with E-state index >= 15 is 0 Å². The van der Waals surface area contributed by atoms with Crippen molar-refractivity contribution in [1.82, 2.24) is 0 Å². The second kappa shape index (κ2) is 31.2. The quantitative estimate of drug-likeness (QED) is 0.0256. The lowest BCUT2D eigenvalue weighted by atomic mass is 10.1. The van der Waals surface area contributed by atoms with Crippen molar-refractivity contribution < 1.29 is 37.3 Å². The number of carbonyl (C=O) groups excluding carboxylic acids is 1. The molecule has 2 unspecified atom stereocenters. The SMILES string of the molecule is CC/C=C\C/C=C\C/C=C\C/C=C\C/C=C\C/C=C\CCCCCCCOCC(COP(=O)(O)OCC[N+](C)(C)C)OC(=O)CCC. The molecule has 0 rings (SSSR count). The second-order valence-electron chi connectivity index (χ2n) is 12.5. The van der Waals surface area contributed by atoms with Gasteiger partial charge in [-0.2, -0.15) is 0 Å². The predicted molar refractivity (Wildman–Crippen MR) is 196 cm³/mol. The molecule has 0 aliphatic rings. The lowest BCUT2D eigenvalue weighted by Gasteiger charge is -2.24. The molecule has 0 fully saturated rings. The third-order valence-electron chi connectivity index (χ3n) is 6.75. The first-order valence-corrected chi connectivity index (χ1v) is 19.2. The lowest BCUT2D eigenvalue weighted by molar-refractivity contribution is -0.870. The highest BCUT2D eigenvalue weighted by atomic mass is 31.2. The monoisotopic (exact) mass is 680 g/mol. The molecule has 47 heavy (non-hydrogen) atoms. The van der Waals surface area contributed by atoms with E-state index in [0.717, 1.165) is 64.2 Å². The van der Waals surface area contributed by atoms with Gasteiger partial charge in [-0.15, -0.1) is 0 Å². The van der Waals surface area contributed by atoms with Crippen LogP contribution in [-0.2, 0) is 27.9 Å². The Labute approximate surface area is 287 Å². The summed E-state index contributed by atoms with van der Waals surface area (Å²) in [6.45, 7) is 5.05. The lowest BCUT2D eigenvalue weighted by Crippen LogP contribution is -2.37. The van der Waals surface area contributed by atoms with E-state index in [1.54, 1.807) is 0 Å². The molecule has 0 saturated heterocycles. The molecule has 9 heteroatoms. The number of hydrogen-bond acceptors (Lipinski definition) is 6. The van der Waals surface area contributed by atoms with Crippen LogP contribution in [0.1, 0.15) is 104 Å². The number of rotatable bonds is 31. The number of unbranched alkanes of at least 4 members (excludes halogenated alkanes) is 5. The van der Waals surface area contributed by atoms with E-state index in [1.165, 1.54) is 12.8 Å². The van der Waals surface area contributed by atoms with Gasteiger partial charge in [0.1, 0.15) is 19.3 Å². The number of allylic oxidation sites excluding steroid dienone is 12. The summed E-state index contributed by atoms with van der Waals surface area (Å²) in [5.74, 6) is -0.379. The zero-order valence-electron chi connectivity index (χ0n) is 30.2. The van der Waals surface area contributed by atoms with Crippen LogP contribution in [0.15, 0.2) is 72.9 Å². The van der Waals surface area contributed by atoms with Gasteiger partial charge in [-0.05, 0) is 64.2 Å². The normalized spacial score (nSPS) is 14.9. The first-order chi connectivity index (χ1) is 22.6. The van der Waals surface area contributed by atoms with E-state index in [0.29, 0.717) is 24.1 Å². The van der Waals surface area contributed by atoms with Crippen molar-refractivity contribution >= 4 is 13.8 Å². The summed E-state index contributed by atoms with van der Waals surface area (Å²) in [5.41, 5.74) is 0. The average molecular weight is 681 g/mol. The van der Waals surface area contributed by atoms with Gasteiger partial charge in [0.05, 0.1) is 34.4 Å². The Kier molecular flexibility index (Phi) is 29.9. The van der Waals surface area contributed by atoms with Crippen LogP contribution in [0.5, 0.6) is 0 Å².